The van der Waals surface area contributed by atoms with E-state index in [2.05, 4.69) is 5.32 Å². The van der Waals surface area contributed by atoms with Crippen molar-refractivity contribution in [3.05, 3.63) is 70.8 Å². The highest BCUT2D eigenvalue weighted by atomic mass is 16.5. The van der Waals surface area contributed by atoms with Gasteiger partial charge in [-0.15, -0.1) is 0 Å². The van der Waals surface area contributed by atoms with E-state index in [0.29, 0.717) is 11.3 Å². The molecule has 0 saturated heterocycles. The van der Waals surface area contributed by atoms with E-state index in [1.54, 1.807) is 6.07 Å². The Labute approximate surface area is 147 Å². The average Bonchev–Trinajstić information content (AvgIpc) is 2.98. The number of aryl methyl sites for hydroxylation is 1. The Hall–Kier alpha value is -2.88. The number of ether oxygens (including phenoxy) is 1. The molecule has 4 heteroatoms. The molecule has 0 aromatic heterocycles. The molecule has 1 amide bonds. The molecule has 0 heterocycles. The van der Waals surface area contributed by atoms with Crippen molar-refractivity contribution in [2.24, 2.45) is 5.92 Å². The van der Waals surface area contributed by atoms with E-state index in [0.717, 1.165) is 16.7 Å². The molecule has 0 bridgehead atoms. The maximum Gasteiger partial charge on any atom is 0.341 e. The van der Waals surface area contributed by atoms with Crippen LogP contribution in [0, 0.1) is 12.8 Å². The van der Waals surface area contributed by atoms with Crippen LogP contribution in [-0.4, -0.2) is 11.9 Å². The first kappa shape index (κ1) is 17.0. The van der Waals surface area contributed by atoms with Gasteiger partial charge in [0.05, 0.1) is 11.3 Å². The van der Waals surface area contributed by atoms with Crippen LogP contribution in [0.15, 0.2) is 48.5 Å². The molecule has 2 aromatic carbocycles. The predicted molar refractivity (Wildman–Crippen MR) is 98.3 cm³/mol. The normalized spacial score (nSPS) is 15.1. The molecule has 25 heavy (non-hydrogen) atoms. The number of amides is 1. The molecule has 2 aromatic rings. The predicted octanol–water partition coefficient (Wildman–Crippen LogP) is 4.51. The summed E-state index contributed by atoms with van der Waals surface area (Å²) in [6.07, 6.45) is 3.41. The molecule has 4 nitrogen and oxygen atoms in total. The lowest BCUT2D eigenvalue weighted by Gasteiger charge is -2.17. The molecule has 3 rings (SSSR count). The summed E-state index contributed by atoms with van der Waals surface area (Å²) >= 11 is 0. The molecule has 0 radical (unpaired) electrons. The van der Waals surface area contributed by atoms with Crippen molar-refractivity contribution in [1.29, 1.82) is 0 Å². The summed E-state index contributed by atoms with van der Waals surface area (Å²) in [6, 6.07) is 13.2. The molecular formula is C21H21NO3. The van der Waals surface area contributed by atoms with Gasteiger partial charge in [-0.1, -0.05) is 56.3 Å². The van der Waals surface area contributed by atoms with Crippen molar-refractivity contribution in [3.63, 3.8) is 0 Å². The Balaban J connectivity index is 1.86. The van der Waals surface area contributed by atoms with Gasteiger partial charge in [0.15, 0.2) is 0 Å². The highest BCUT2D eigenvalue weighted by Crippen LogP contribution is 2.32. The zero-order valence-electron chi connectivity index (χ0n) is 14.6. The number of fused-ring (bicyclic) bond motifs is 1. The standard InChI is InChI=1S/C21H21NO3/c1-13(2)20(23)22-17-10-6-7-14(3)19(17)21(24)25-18-12-11-15-8-4-5-9-16(15)18/h4-13,18H,1-3H3,(H,22,23). The average molecular weight is 335 g/mol. The van der Waals surface area contributed by atoms with Crippen molar-refractivity contribution < 1.29 is 14.3 Å². The van der Waals surface area contributed by atoms with Gasteiger partial charge >= 0.3 is 5.97 Å². The zero-order valence-corrected chi connectivity index (χ0v) is 14.6. The summed E-state index contributed by atoms with van der Waals surface area (Å²) in [6.45, 7) is 5.45. The van der Waals surface area contributed by atoms with Crippen molar-refractivity contribution in [2.45, 2.75) is 26.9 Å². The first-order valence-electron chi connectivity index (χ1n) is 8.36. The molecule has 0 fully saturated rings. The maximum atomic E-state index is 12.8. The van der Waals surface area contributed by atoms with Crippen LogP contribution in [0.1, 0.15) is 47.0 Å². The quantitative estimate of drug-likeness (QED) is 0.836. The van der Waals surface area contributed by atoms with Gasteiger partial charge in [0.1, 0.15) is 6.10 Å². The summed E-state index contributed by atoms with van der Waals surface area (Å²) in [7, 11) is 0. The van der Waals surface area contributed by atoms with Gasteiger partial charge in [0, 0.05) is 11.5 Å². The fourth-order valence-corrected chi connectivity index (χ4v) is 2.81. The number of hydrogen-bond acceptors (Lipinski definition) is 3. The van der Waals surface area contributed by atoms with Crippen molar-refractivity contribution in [1.82, 2.24) is 0 Å². The number of esters is 1. The van der Waals surface area contributed by atoms with Gasteiger partial charge in [-0.2, -0.15) is 0 Å². The van der Waals surface area contributed by atoms with Crippen LogP contribution < -0.4 is 5.32 Å². The molecule has 1 unspecified atom stereocenters. The lowest BCUT2D eigenvalue weighted by Crippen LogP contribution is -2.21. The number of carbonyl (C=O) groups is 2. The van der Waals surface area contributed by atoms with Crippen molar-refractivity contribution >= 4 is 23.6 Å². The van der Waals surface area contributed by atoms with E-state index < -0.39 is 12.1 Å². The topological polar surface area (TPSA) is 55.4 Å². The third-order valence-electron chi connectivity index (χ3n) is 4.25. The first-order chi connectivity index (χ1) is 12.0. The molecule has 1 aliphatic carbocycles. The second kappa shape index (κ2) is 6.93. The second-order valence-corrected chi connectivity index (χ2v) is 6.46. The number of anilines is 1. The molecule has 0 aliphatic heterocycles. The van der Waals surface area contributed by atoms with Crippen molar-refractivity contribution in [3.8, 4) is 0 Å². The minimum Gasteiger partial charge on any atom is -0.450 e. The number of nitrogens with one attached hydrogen (secondary N) is 1. The van der Waals surface area contributed by atoms with Gasteiger partial charge in [0.25, 0.3) is 0 Å². The number of carbonyl (C=O) groups excluding carboxylic acids is 2. The van der Waals surface area contributed by atoms with Gasteiger partial charge in [-0.05, 0) is 30.2 Å². The van der Waals surface area contributed by atoms with E-state index in [1.807, 2.05) is 69.3 Å². The van der Waals surface area contributed by atoms with Gasteiger partial charge < -0.3 is 10.1 Å². The van der Waals surface area contributed by atoms with Gasteiger partial charge in [-0.25, -0.2) is 4.79 Å². The third kappa shape index (κ3) is 3.48. The van der Waals surface area contributed by atoms with E-state index in [1.165, 1.54) is 0 Å². The Morgan fingerprint density at radius 3 is 2.60 bits per heavy atom. The lowest BCUT2D eigenvalue weighted by atomic mass is 10.1. The van der Waals surface area contributed by atoms with Crippen LogP contribution in [0.25, 0.3) is 6.08 Å². The minimum absolute atomic E-state index is 0.134. The molecule has 1 aliphatic rings. The van der Waals surface area contributed by atoms with Gasteiger partial charge in [-0.3, -0.25) is 4.79 Å². The van der Waals surface area contributed by atoms with E-state index in [9.17, 15) is 9.59 Å². The van der Waals surface area contributed by atoms with Crippen LogP contribution in [0.2, 0.25) is 0 Å². The summed E-state index contributed by atoms with van der Waals surface area (Å²) < 4.78 is 5.71. The highest BCUT2D eigenvalue weighted by Gasteiger charge is 2.24. The van der Waals surface area contributed by atoms with E-state index in [-0.39, 0.29) is 11.8 Å². The largest absolute Gasteiger partial charge is 0.450 e. The Morgan fingerprint density at radius 2 is 1.84 bits per heavy atom. The lowest BCUT2D eigenvalue weighted by molar-refractivity contribution is -0.118. The maximum absolute atomic E-state index is 12.8. The van der Waals surface area contributed by atoms with E-state index in [4.69, 9.17) is 4.74 Å². The molecule has 1 atom stereocenters. The summed E-state index contributed by atoms with van der Waals surface area (Å²) in [5.41, 5.74) is 3.67. The zero-order chi connectivity index (χ0) is 18.0. The van der Waals surface area contributed by atoms with Crippen LogP contribution in [0.3, 0.4) is 0 Å². The molecule has 1 N–H and O–H groups in total. The molecular weight excluding hydrogens is 314 g/mol. The smallest absolute Gasteiger partial charge is 0.341 e. The fourth-order valence-electron chi connectivity index (χ4n) is 2.81. The van der Waals surface area contributed by atoms with E-state index >= 15 is 0 Å². The molecule has 128 valence electrons. The van der Waals surface area contributed by atoms with Crippen LogP contribution in [0.5, 0.6) is 0 Å². The Kier molecular flexibility index (Phi) is 4.70. The molecule has 0 saturated carbocycles. The number of hydrogen-bond donors (Lipinski definition) is 1. The number of benzene rings is 2. The highest BCUT2D eigenvalue weighted by molar-refractivity contribution is 6.03. The summed E-state index contributed by atoms with van der Waals surface area (Å²) in [4.78, 5) is 24.8. The first-order valence-corrected chi connectivity index (χ1v) is 8.36. The Morgan fingerprint density at radius 1 is 1.08 bits per heavy atom. The molecule has 0 spiro atoms. The van der Waals surface area contributed by atoms with Crippen LogP contribution in [-0.2, 0) is 9.53 Å². The monoisotopic (exact) mass is 335 g/mol. The van der Waals surface area contributed by atoms with Crippen LogP contribution >= 0.6 is 0 Å². The second-order valence-electron chi connectivity index (χ2n) is 6.46. The Bertz CT molecular complexity index is 852. The summed E-state index contributed by atoms with van der Waals surface area (Å²) in [5, 5.41) is 2.82. The minimum atomic E-state index is -0.441. The van der Waals surface area contributed by atoms with Crippen molar-refractivity contribution in [2.75, 3.05) is 5.32 Å². The SMILES string of the molecule is Cc1cccc(NC(=O)C(C)C)c1C(=O)OC1C=Cc2ccccc21. The summed E-state index contributed by atoms with van der Waals surface area (Å²) in [5.74, 6) is -0.747. The number of rotatable bonds is 4. The third-order valence-corrected chi connectivity index (χ3v) is 4.25. The fraction of sp³-hybridized carbons (Fsp3) is 0.238. The van der Waals surface area contributed by atoms with Crippen LogP contribution in [0.4, 0.5) is 5.69 Å². The van der Waals surface area contributed by atoms with Gasteiger partial charge in [0.2, 0.25) is 5.91 Å².